The van der Waals surface area contributed by atoms with Gasteiger partial charge in [-0.05, 0) is 82.0 Å². The third kappa shape index (κ3) is 5.59. The molecule has 6 nitrogen and oxygen atoms in total. The summed E-state index contributed by atoms with van der Waals surface area (Å²) in [5.74, 6) is -0.0448. The van der Waals surface area contributed by atoms with E-state index < -0.39 is 0 Å². The molecule has 2 heterocycles. The van der Waals surface area contributed by atoms with Gasteiger partial charge in [0.05, 0.1) is 17.2 Å². The topological polar surface area (TPSA) is 67.2 Å². The van der Waals surface area contributed by atoms with E-state index in [2.05, 4.69) is 10.3 Å². The third-order valence-electron chi connectivity index (χ3n) is 6.23. The molecular weight excluding hydrogens is 419 g/mol. The molecule has 1 aliphatic rings. The van der Waals surface area contributed by atoms with Crippen LogP contribution < -0.4 is 10.9 Å². The number of anilines is 1. The van der Waals surface area contributed by atoms with E-state index >= 15 is 0 Å². The first-order valence-corrected chi connectivity index (χ1v) is 11.3. The van der Waals surface area contributed by atoms with E-state index in [0.29, 0.717) is 11.9 Å². The number of carbonyl (C=O) groups is 1. The number of fused-ring (bicyclic) bond motifs is 1. The number of hydrogen-bond donors (Lipinski definition) is 1. The lowest BCUT2D eigenvalue weighted by Gasteiger charge is -2.18. The molecule has 2 aromatic carbocycles. The summed E-state index contributed by atoms with van der Waals surface area (Å²) in [5, 5.41) is 4.16. The zero-order chi connectivity index (χ0) is 24.3. The largest absolute Gasteiger partial charge is 0.380 e. The fraction of sp³-hybridized carbons (Fsp3) is 0.423. The van der Waals surface area contributed by atoms with Gasteiger partial charge in [0.1, 0.15) is 5.82 Å². The second-order valence-electron chi connectivity index (χ2n) is 9.01. The minimum absolute atomic E-state index is 0.00654. The van der Waals surface area contributed by atoms with E-state index in [0.717, 1.165) is 40.9 Å². The molecule has 4 rings (SSSR count). The standard InChI is InChI=1S/C18H24N4O2.C8H9F/c1-11(2)22-10-19-16-6-5-15(12(3)17(16)18(22)24)20-14-7-8-21(9-14)13(4)23;1-6-3-4-8(9)5-7(6)2/h5-6,10-11,14,20H,7-9H2,1-4H3;3-5H,1-2H3. The van der Waals surface area contributed by atoms with Crippen molar-refractivity contribution in [3.05, 3.63) is 69.5 Å². The Bertz CT molecular complexity index is 1220. The maximum absolute atomic E-state index is 12.8. The molecule has 0 radical (unpaired) electrons. The van der Waals surface area contributed by atoms with Crippen molar-refractivity contribution in [1.82, 2.24) is 14.5 Å². The summed E-state index contributed by atoms with van der Waals surface area (Å²) in [5.41, 5.74) is 4.72. The number of halogens is 1. The highest BCUT2D eigenvalue weighted by molar-refractivity contribution is 5.86. The normalized spacial score (nSPS) is 15.5. The van der Waals surface area contributed by atoms with Crippen LogP contribution >= 0.6 is 0 Å². The monoisotopic (exact) mass is 452 g/mol. The molecule has 1 amide bonds. The Morgan fingerprint density at radius 1 is 1.15 bits per heavy atom. The number of nitrogens with one attached hydrogen (secondary N) is 1. The summed E-state index contributed by atoms with van der Waals surface area (Å²) in [6.45, 7) is 12.9. The molecule has 176 valence electrons. The molecule has 1 saturated heterocycles. The van der Waals surface area contributed by atoms with Crippen LogP contribution in [0.15, 0.2) is 41.5 Å². The molecule has 1 aliphatic heterocycles. The Morgan fingerprint density at radius 2 is 1.88 bits per heavy atom. The van der Waals surface area contributed by atoms with Crippen molar-refractivity contribution in [3.8, 4) is 0 Å². The average molecular weight is 453 g/mol. The highest BCUT2D eigenvalue weighted by Crippen LogP contribution is 2.24. The maximum Gasteiger partial charge on any atom is 0.261 e. The molecule has 0 saturated carbocycles. The second-order valence-corrected chi connectivity index (χ2v) is 9.01. The van der Waals surface area contributed by atoms with E-state index in [-0.39, 0.29) is 29.4 Å². The van der Waals surface area contributed by atoms with Gasteiger partial charge in [0, 0.05) is 37.8 Å². The average Bonchev–Trinajstić information content (AvgIpc) is 3.22. The predicted octanol–water partition coefficient (Wildman–Crippen LogP) is 4.76. The van der Waals surface area contributed by atoms with E-state index in [1.54, 1.807) is 23.9 Å². The van der Waals surface area contributed by atoms with Crippen LogP contribution in [-0.2, 0) is 4.79 Å². The first-order chi connectivity index (χ1) is 15.6. The van der Waals surface area contributed by atoms with Crippen molar-refractivity contribution < 1.29 is 9.18 Å². The van der Waals surface area contributed by atoms with Crippen LogP contribution in [0.5, 0.6) is 0 Å². The molecule has 1 N–H and O–H groups in total. The summed E-state index contributed by atoms with van der Waals surface area (Å²) >= 11 is 0. The Morgan fingerprint density at radius 3 is 2.45 bits per heavy atom. The Balaban J connectivity index is 0.000000286. The molecule has 0 spiro atoms. The van der Waals surface area contributed by atoms with E-state index in [1.165, 1.54) is 12.1 Å². The second kappa shape index (κ2) is 10.1. The van der Waals surface area contributed by atoms with Gasteiger partial charge in [0.25, 0.3) is 5.56 Å². The van der Waals surface area contributed by atoms with Gasteiger partial charge in [0.2, 0.25) is 5.91 Å². The van der Waals surface area contributed by atoms with Gasteiger partial charge in [-0.1, -0.05) is 6.07 Å². The summed E-state index contributed by atoms with van der Waals surface area (Å²) in [4.78, 5) is 30.5. The van der Waals surface area contributed by atoms with Gasteiger partial charge >= 0.3 is 0 Å². The van der Waals surface area contributed by atoms with Crippen LogP contribution in [0.2, 0.25) is 0 Å². The summed E-state index contributed by atoms with van der Waals surface area (Å²) in [6, 6.07) is 8.94. The van der Waals surface area contributed by atoms with Crippen LogP contribution in [0, 0.1) is 26.6 Å². The number of carbonyl (C=O) groups excluding carboxylic acids is 1. The molecule has 33 heavy (non-hydrogen) atoms. The summed E-state index contributed by atoms with van der Waals surface area (Å²) in [7, 11) is 0. The van der Waals surface area contributed by atoms with Crippen molar-refractivity contribution >= 4 is 22.5 Å². The van der Waals surface area contributed by atoms with Crippen LogP contribution in [0.1, 0.15) is 49.9 Å². The fourth-order valence-corrected chi connectivity index (χ4v) is 3.99. The maximum atomic E-state index is 12.8. The van der Waals surface area contributed by atoms with Crippen LogP contribution in [0.4, 0.5) is 10.1 Å². The quantitative estimate of drug-likeness (QED) is 0.622. The van der Waals surface area contributed by atoms with Crippen LogP contribution in [0.25, 0.3) is 10.9 Å². The summed E-state index contributed by atoms with van der Waals surface area (Å²) in [6.07, 6.45) is 2.53. The lowest BCUT2D eigenvalue weighted by Crippen LogP contribution is -2.30. The zero-order valence-electron chi connectivity index (χ0n) is 20.3. The van der Waals surface area contributed by atoms with Gasteiger partial charge in [-0.15, -0.1) is 0 Å². The first-order valence-electron chi connectivity index (χ1n) is 11.3. The predicted molar refractivity (Wildman–Crippen MR) is 131 cm³/mol. The number of rotatable bonds is 3. The third-order valence-corrected chi connectivity index (χ3v) is 6.23. The van der Waals surface area contributed by atoms with Gasteiger partial charge in [-0.3, -0.25) is 14.2 Å². The Kier molecular flexibility index (Phi) is 7.51. The smallest absolute Gasteiger partial charge is 0.261 e. The number of nitrogens with zero attached hydrogens (tertiary/aromatic N) is 3. The highest BCUT2D eigenvalue weighted by atomic mass is 19.1. The van der Waals surface area contributed by atoms with E-state index in [4.69, 9.17) is 0 Å². The molecule has 1 atom stereocenters. The van der Waals surface area contributed by atoms with Crippen LogP contribution in [-0.4, -0.2) is 39.5 Å². The van der Waals surface area contributed by atoms with Crippen LogP contribution in [0.3, 0.4) is 0 Å². The van der Waals surface area contributed by atoms with Gasteiger partial charge < -0.3 is 10.2 Å². The van der Waals surface area contributed by atoms with Gasteiger partial charge in [0.15, 0.2) is 0 Å². The van der Waals surface area contributed by atoms with Crippen molar-refractivity contribution in [2.75, 3.05) is 18.4 Å². The zero-order valence-corrected chi connectivity index (χ0v) is 20.3. The molecule has 1 unspecified atom stereocenters. The molecule has 3 aromatic rings. The number of amides is 1. The molecule has 0 bridgehead atoms. The van der Waals surface area contributed by atoms with E-state index in [1.807, 2.05) is 51.7 Å². The van der Waals surface area contributed by atoms with Crippen molar-refractivity contribution in [2.45, 2.75) is 60.0 Å². The Labute approximate surface area is 194 Å². The molecular formula is C26H33FN4O2. The fourth-order valence-electron chi connectivity index (χ4n) is 3.99. The number of aromatic nitrogens is 2. The molecule has 1 fully saturated rings. The Hall–Kier alpha value is -3.22. The number of hydrogen-bond acceptors (Lipinski definition) is 4. The molecule has 0 aliphatic carbocycles. The minimum Gasteiger partial charge on any atom is -0.380 e. The number of likely N-dealkylation sites (tertiary alicyclic amines) is 1. The van der Waals surface area contributed by atoms with Crippen molar-refractivity contribution in [2.24, 2.45) is 0 Å². The minimum atomic E-state index is -0.155. The van der Waals surface area contributed by atoms with Crippen molar-refractivity contribution in [1.29, 1.82) is 0 Å². The molecule has 1 aromatic heterocycles. The highest BCUT2D eigenvalue weighted by Gasteiger charge is 2.24. The number of benzene rings is 2. The van der Waals surface area contributed by atoms with E-state index in [9.17, 15) is 14.0 Å². The number of aryl methyl sites for hydroxylation is 3. The van der Waals surface area contributed by atoms with Gasteiger partial charge in [-0.2, -0.15) is 0 Å². The lowest BCUT2D eigenvalue weighted by molar-refractivity contribution is -0.127. The summed E-state index contributed by atoms with van der Waals surface area (Å²) < 4.78 is 14.0. The van der Waals surface area contributed by atoms with Gasteiger partial charge in [-0.25, -0.2) is 9.37 Å². The SMILES string of the molecule is CC(=O)N1CCC(Nc2ccc3ncn(C(C)C)c(=O)c3c2C)C1.Cc1ccc(F)cc1C. The molecule has 7 heteroatoms. The lowest BCUT2D eigenvalue weighted by atomic mass is 10.1. The van der Waals surface area contributed by atoms with Crippen molar-refractivity contribution in [3.63, 3.8) is 0 Å². The first kappa shape index (κ1) is 24.4.